The molecule has 0 spiro atoms. The van der Waals surface area contributed by atoms with Crippen LogP contribution < -0.4 is 0 Å². The predicted octanol–water partition coefficient (Wildman–Crippen LogP) is 14.4. The molecule has 0 fully saturated rings. The van der Waals surface area contributed by atoms with E-state index in [9.17, 15) is 0 Å². The summed E-state index contributed by atoms with van der Waals surface area (Å²) >= 11 is 1.88. The van der Waals surface area contributed by atoms with Gasteiger partial charge in [-0.25, -0.2) is 15.0 Å². The second-order valence-corrected chi connectivity index (χ2v) is 16.6. The first-order valence-corrected chi connectivity index (χ1v) is 21.2. The van der Waals surface area contributed by atoms with Crippen LogP contribution in [0.3, 0.4) is 0 Å². The van der Waals surface area contributed by atoms with Crippen LogP contribution in [0.2, 0.25) is 0 Å². The number of benzene rings is 9. The molecule has 2 heterocycles. The van der Waals surface area contributed by atoms with Crippen LogP contribution in [-0.4, -0.2) is 15.0 Å². The summed E-state index contributed by atoms with van der Waals surface area (Å²) < 4.78 is 2.56. The largest absolute Gasteiger partial charge is 0.208 e. The minimum absolute atomic E-state index is 0.431. The summed E-state index contributed by atoms with van der Waals surface area (Å²) in [6.07, 6.45) is 0. The molecule has 0 bridgehead atoms. The van der Waals surface area contributed by atoms with Crippen molar-refractivity contribution in [2.45, 2.75) is 5.41 Å². The Labute approximate surface area is 352 Å². The molecule has 0 atom stereocenters. The van der Waals surface area contributed by atoms with Gasteiger partial charge >= 0.3 is 0 Å². The van der Waals surface area contributed by atoms with Crippen LogP contribution in [0.15, 0.2) is 212 Å². The lowest BCUT2D eigenvalue weighted by molar-refractivity contribution is 0.770. The molecule has 0 amide bonds. The van der Waals surface area contributed by atoms with Crippen molar-refractivity contribution in [3.63, 3.8) is 0 Å². The highest BCUT2D eigenvalue weighted by atomic mass is 32.1. The zero-order valence-electron chi connectivity index (χ0n) is 32.5. The number of hydrogen-bond acceptors (Lipinski definition) is 4. The van der Waals surface area contributed by atoms with Crippen LogP contribution in [0.1, 0.15) is 22.3 Å². The topological polar surface area (TPSA) is 38.7 Å². The van der Waals surface area contributed by atoms with Gasteiger partial charge in [0.05, 0.1) is 5.41 Å². The van der Waals surface area contributed by atoms with Crippen LogP contribution in [0, 0.1) is 0 Å². The summed E-state index contributed by atoms with van der Waals surface area (Å²) in [6, 6.07) is 76.4. The van der Waals surface area contributed by atoms with Crippen LogP contribution in [-0.2, 0) is 5.41 Å². The van der Waals surface area contributed by atoms with Crippen molar-refractivity contribution in [3.8, 4) is 56.4 Å². The molecule has 3 nitrogen and oxygen atoms in total. The quantitative estimate of drug-likeness (QED) is 0.169. The Kier molecular flexibility index (Phi) is 7.94. The summed E-state index contributed by atoms with van der Waals surface area (Å²) in [7, 11) is 0. The van der Waals surface area contributed by atoms with Gasteiger partial charge in [0.15, 0.2) is 17.5 Å². The first kappa shape index (κ1) is 34.5. The molecule has 2 aromatic heterocycles. The van der Waals surface area contributed by atoms with Crippen molar-refractivity contribution in [3.05, 3.63) is 235 Å². The Morgan fingerprint density at radius 3 is 1.57 bits per heavy atom. The lowest BCUT2D eigenvalue weighted by Gasteiger charge is -2.33. The van der Waals surface area contributed by atoms with Crippen LogP contribution in [0.25, 0.3) is 87.4 Å². The maximum absolute atomic E-state index is 5.06. The number of aromatic nitrogens is 3. The molecule has 0 saturated carbocycles. The van der Waals surface area contributed by atoms with Crippen LogP contribution in [0.5, 0.6) is 0 Å². The van der Waals surface area contributed by atoms with E-state index in [1.807, 2.05) is 72.0 Å². The first-order valence-electron chi connectivity index (χ1n) is 20.4. The molecule has 0 saturated heterocycles. The van der Waals surface area contributed by atoms with E-state index < -0.39 is 5.41 Å². The number of nitrogens with zero attached hydrogens (tertiary/aromatic N) is 3. The van der Waals surface area contributed by atoms with Gasteiger partial charge in [0.2, 0.25) is 0 Å². The molecule has 0 radical (unpaired) electrons. The second-order valence-electron chi connectivity index (χ2n) is 15.5. The Hall–Kier alpha value is -7.53. The fourth-order valence-corrected chi connectivity index (χ4v) is 10.8. The lowest BCUT2D eigenvalue weighted by Crippen LogP contribution is -2.28. The van der Waals surface area contributed by atoms with Crippen molar-refractivity contribution in [1.82, 2.24) is 15.0 Å². The van der Waals surface area contributed by atoms with Gasteiger partial charge in [-0.1, -0.05) is 194 Å². The summed E-state index contributed by atoms with van der Waals surface area (Å²) in [5.41, 5.74) is 12.7. The van der Waals surface area contributed by atoms with Gasteiger partial charge in [-0.3, -0.25) is 0 Å². The molecule has 0 aliphatic heterocycles. The van der Waals surface area contributed by atoms with Crippen molar-refractivity contribution in [2.75, 3.05) is 0 Å². The predicted molar refractivity (Wildman–Crippen MR) is 249 cm³/mol. The molecule has 12 rings (SSSR count). The average molecular weight is 782 g/mol. The summed E-state index contributed by atoms with van der Waals surface area (Å²) in [5.74, 6) is 1.97. The second kappa shape index (κ2) is 13.8. The van der Waals surface area contributed by atoms with E-state index >= 15 is 0 Å². The summed E-state index contributed by atoms with van der Waals surface area (Å²) in [5, 5.41) is 4.80. The van der Waals surface area contributed by atoms with E-state index in [0.29, 0.717) is 17.5 Å². The van der Waals surface area contributed by atoms with Crippen molar-refractivity contribution >= 4 is 42.3 Å². The lowest BCUT2D eigenvalue weighted by atomic mass is 9.67. The fraction of sp³-hybridized carbons (Fsp3) is 0.0179. The standard InChI is InChI=1S/C56H35N3S/c1-4-16-36(17-5-1)53-57-54(37-18-6-2-7-19-37)59-55(58-53)46-26-14-20-38-34-39(30-32-42(38)46)43-25-15-29-50-52(43)47-33-31-41(35-51(47)60-50)56(40-21-8-3-9-22-40)48-27-12-10-23-44(48)45-24-11-13-28-49(45)56/h1-35H. The van der Waals surface area contributed by atoms with E-state index in [1.165, 1.54) is 64.7 Å². The Morgan fingerprint density at radius 1 is 0.333 bits per heavy atom. The number of hydrogen-bond donors (Lipinski definition) is 0. The van der Waals surface area contributed by atoms with E-state index in [2.05, 4.69) is 152 Å². The van der Waals surface area contributed by atoms with Gasteiger partial charge < -0.3 is 0 Å². The van der Waals surface area contributed by atoms with E-state index in [1.54, 1.807) is 0 Å². The molecule has 4 heteroatoms. The monoisotopic (exact) mass is 781 g/mol. The molecule has 0 unspecified atom stereocenters. The maximum atomic E-state index is 5.06. The smallest absolute Gasteiger partial charge is 0.164 e. The molecular weight excluding hydrogens is 747 g/mol. The third-order valence-corrected chi connectivity index (χ3v) is 13.3. The first-order chi connectivity index (χ1) is 29.7. The number of thiophene rings is 1. The zero-order valence-corrected chi connectivity index (χ0v) is 33.3. The highest BCUT2D eigenvalue weighted by molar-refractivity contribution is 7.26. The Bertz CT molecular complexity index is 3330. The maximum Gasteiger partial charge on any atom is 0.164 e. The molecule has 1 aliphatic rings. The molecule has 280 valence electrons. The highest BCUT2D eigenvalue weighted by Crippen LogP contribution is 2.56. The summed E-state index contributed by atoms with van der Waals surface area (Å²) in [4.78, 5) is 15.1. The highest BCUT2D eigenvalue weighted by Gasteiger charge is 2.46. The molecule has 1 aliphatic carbocycles. The van der Waals surface area contributed by atoms with Gasteiger partial charge in [-0.15, -0.1) is 11.3 Å². The minimum atomic E-state index is -0.431. The molecule has 11 aromatic rings. The van der Waals surface area contributed by atoms with Gasteiger partial charge in [0, 0.05) is 36.9 Å². The van der Waals surface area contributed by atoms with Crippen molar-refractivity contribution < 1.29 is 0 Å². The van der Waals surface area contributed by atoms with E-state index in [4.69, 9.17) is 15.0 Å². The average Bonchev–Trinajstić information content (AvgIpc) is 3.85. The number of rotatable bonds is 6. The normalized spacial score (nSPS) is 12.8. The van der Waals surface area contributed by atoms with Crippen molar-refractivity contribution in [2.24, 2.45) is 0 Å². The van der Waals surface area contributed by atoms with Gasteiger partial charge in [-0.2, -0.15) is 0 Å². The Balaban J connectivity index is 1.00. The SMILES string of the molecule is c1ccc(-c2nc(-c3ccccc3)nc(-c3cccc4cc(-c5cccc6sc7cc(C8(c9ccccc9)c9ccccc9-c9ccccc98)ccc7c56)ccc34)n2)cc1. The zero-order chi connectivity index (χ0) is 39.6. The molecule has 0 N–H and O–H groups in total. The number of fused-ring (bicyclic) bond motifs is 7. The third-order valence-electron chi connectivity index (χ3n) is 12.2. The van der Waals surface area contributed by atoms with E-state index in [0.717, 1.165) is 27.5 Å². The Morgan fingerprint density at radius 2 is 0.883 bits per heavy atom. The van der Waals surface area contributed by atoms with Crippen LogP contribution in [0.4, 0.5) is 0 Å². The van der Waals surface area contributed by atoms with Crippen molar-refractivity contribution in [1.29, 1.82) is 0 Å². The van der Waals surface area contributed by atoms with E-state index in [-0.39, 0.29) is 0 Å². The third kappa shape index (κ3) is 5.31. The summed E-state index contributed by atoms with van der Waals surface area (Å²) in [6.45, 7) is 0. The minimum Gasteiger partial charge on any atom is -0.208 e. The van der Waals surface area contributed by atoms with Gasteiger partial charge in [0.1, 0.15) is 0 Å². The van der Waals surface area contributed by atoms with Gasteiger partial charge in [-0.05, 0) is 73.5 Å². The molecule has 9 aromatic carbocycles. The molecular formula is C56H35N3S. The van der Waals surface area contributed by atoms with Gasteiger partial charge in [0.25, 0.3) is 0 Å². The fourth-order valence-electron chi connectivity index (χ4n) is 9.59. The molecule has 60 heavy (non-hydrogen) atoms. The van der Waals surface area contributed by atoms with Crippen LogP contribution >= 0.6 is 11.3 Å².